The summed E-state index contributed by atoms with van der Waals surface area (Å²) in [7, 11) is 0. The van der Waals surface area contributed by atoms with E-state index in [9.17, 15) is 0 Å². The molecule has 0 radical (unpaired) electrons. The van der Waals surface area contributed by atoms with E-state index in [2.05, 4.69) is 109 Å². The molecule has 1 saturated carbocycles. The molecule has 3 aromatic carbocycles. The van der Waals surface area contributed by atoms with Gasteiger partial charge in [-0.15, -0.1) is 11.8 Å². The third-order valence-electron chi connectivity index (χ3n) is 6.62. The van der Waals surface area contributed by atoms with E-state index in [0.717, 1.165) is 0 Å². The van der Waals surface area contributed by atoms with Gasteiger partial charge in [0.05, 0.1) is 0 Å². The van der Waals surface area contributed by atoms with Crippen molar-refractivity contribution in [1.82, 2.24) is 0 Å². The molecule has 0 saturated heterocycles. The Labute approximate surface area is 172 Å². The molecule has 28 heavy (non-hydrogen) atoms. The molecule has 1 aliphatic heterocycles. The summed E-state index contributed by atoms with van der Waals surface area (Å²) in [6.07, 6.45) is 3.71. The zero-order chi connectivity index (χ0) is 19.1. The van der Waals surface area contributed by atoms with E-state index in [1.54, 1.807) is 5.56 Å². The Morgan fingerprint density at radius 3 is 2.29 bits per heavy atom. The number of anilines is 2. The Morgan fingerprint density at radius 2 is 1.50 bits per heavy atom. The van der Waals surface area contributed by atoms with E-state index in [0.29, 0.717) is 11.3 Å². The van der Waals surface area contributed by atoms with Gasteiger partial charge in [-0.05, 0) is 62.1 Å². The molecular weight excluding hydrogens is 358 g/mol. The van der Waals surface area contributed by atoms with E-state index < -0.39 is 0 Å². The lowest BCUT2D eigenvalue weighted by Gasteiger charge is -2.45. The van der Waals surface area contributed by atoms with Gasteiger partial charge in [-0.25, -0.2) is 0 Å². The molecule has 3 atom stereocenters. The fraction of sp³-hybridized carbons (Fsp3) is 0.308. The summed E-state index contributed by atoms with van der Waals surface area (Å²) in [5.74, 6) is 0. The third-order valence-corrected chi connectivity index (χ3v) is 8.27. The van der Waals surface area contributed by atoms with Crippen LogP contribution in [-0.2, 0) is 5.41 Å². The molecule has 3 aromatic rings. The van der Waals surface area contributed by atoms with Crippen LogP contribution in [0, 0.1) is 6.92 Å². The second-order valence-electron chi connectivity index (χ2n) is 8.50. The smallest absolute Gasteiger partial charge is 0.0413 e. The number of nitrogens with zero attached hydrogens (tertiary/aromatic N) is 1. The first-order valence-corrected chi connectivity index (χ1v) is 11.2. The van der Waals surface area contributed by atoms with E-state index in [1.165, 1.54) is 41.1 Å². The highest BCUT2D eigenvalue weighted by atomic mass is 32.2. The summed E-state index contributed by atoms with van der Waals surface area (Å²) in [6, 6.07) is 29.6. The van der Waals surface area contributed by atoms with Crippen LogP contribution in [0.4, 0.5) is 11.4 Å². The molecule has 5 rings (SSSR count). The van der Waals surface area contributed by atoms with Gasteiger partial charge in [0.2, 0.25) is 0 Å². The van der Waals surface area contributed by atoms with Gasteiger partial charge >= 0.3 is 0 Å². The van der Waals surface area contributed by atoms with E-state index >= 15 is 0 Å². The SMILES string of the molecule is Cc1ccc(N(c2ccccc2)C2CCC3Sc4ccccc4C3(C)C2)cc1. The van der Waals surface area contributed by atoms with Crippen molar-refractivity contribution >= 4 is 23.1 Å². The number of hydrogen-bond donors (Lipinski definition) is 0. The van der Waals surface area contributed by atoms with Crippen molar-refractivity contribution in [3.63, 3.8) is 0 Å². The Bertz CT molecular complexity index is 965. The summed E-state index contributed by atoms with van der Waals surface area (Å²) in [6.45, 7) is 4.66. The molecule has 1 aliphatic carbocycles. The van der Waals surface area contributed by atoms with Crippen LogP contribution in [0.1, 0.15) is 37.3 Å². The first-order valence-electron chi connectivity index (χ1n) is 10.3. The number of thioether (sulfide) groups is 1. The molecule has 0 bridgehead atoms. The third kappa shape index (κ3) is 2.95. The van der Waals surface area contributed by atoms with Crippen molar-refractivity contribution in [1.29, 1.82) is 0 Å². The van der Waals surface area contributed by atoms with Crippen LogP contribution in [0.25, 0.3) is 0 Å². The second-order valence-corrected chi connectivity index (χ2v) is 9.74. The first-order chi connectivity index (χ1) is 13.6. The van der Waals surface area contributed by atoms with Crippen LogP contribution in [0.2, 0.25) is 0 Å². The first kappa shape index (κ1) is 17.9. The Morgan fingerprint density at radius 1 is 0.821 bits per heavy atom. The minimum absolute atomic E-state index is 0.252. The maximum absolute atomic E-state index is 2.59. The standard InChI is InChI=1S/C26H27NS/c1-19-12-14-21(15-13-19)27(20-8-4-3-5-9-20)22-16-17-25-26(2,18-22)23-10-6-7-11-24(23)28-25/h3-15,22,25H,16-18H2,1-2H3. The zero-order valence-corrected chi connectivity index (χ0v) is 17.5. The lowest BCUT2D eigenvalue weighted by atomic mass is 9.68. The average molecular weight is 386 g/mol. The van der Waals surface area contributed by atoms with Gasteiger partial charge in [0.25, 0.3) is 0 Å². The molecule has 0 aromatic heterocycles. The maximum atomic E-state index is 2.59. The largest absolute Gasteiger partial charge is 0.338 e. The zero-order valence-electron chi connectivity index (χ0n) is 16.6. The van der Waals surface area contributed by atoms with Crippen LogP contribution < -0.4 is 4.90 Å². The number of benzene rings is 3. The Balaban J connectivity index is 1.54. The Kier molecular flexibility index (Phi) is 4.47. The van der Waals surface area contributed by atoms with E-state index in [4.69, 9.17) is 0 Å². The average Bonchev–Trinajstić information content (AvgIpc) is 3.02. The maximum Gasteiger partial charge on any atom is 0.0413 e. The molecule has 3 unspecified atom stereocenters. The molecule has 142 valence electrons. The van der Waals surface area contributed by atoms with E-state index in [1.807, 2.05) is 0 Å². The van der Waals surface area contributed by atoms with Crippen molar-refractivity contribution in [2.45, 2.75) is 54.7 Å². The second kappa shape index (κ2) is 7.00. The normalized spacial score (nSPS) is 25.8. The number of aryl methyl sites for hydroxylation is 1. The molecule has 0 amide bonds. The highest BCUT2D eigenvalue weighted by molar-refractivity contribution is 8.00. The van der Waals surface area contributed by atoms with Crippen molar-refractivity contribution in [3.8, 4) is 0 Å². The van der Waals surface area contributed by atoms with E-state index in [-0.39, 0.29) is 5.41 Å². The summed E-state index contributed by atoms with van der Waals surface area (Å²) in [5, 5.41) is 0.705. The predicted molar refractivity (Wildman–Crippen MR) is 121 cm³/mol. The molecule has 0 N–H and O–H groups in total. The Hall–Kier alpha value is -2.19. The van der Waals surface area contributed by atoms with Gasteiger partial charge < -0.3 is 4.90 Å². The van der Waals surface area contributed by atoms with Crippen molar-refractivity contribution in [2.24, 2.45) is 0 Å². The molecule has 2 aliphatic rings. The van der Waals surface area contributed by atoms with Crippen LogP contribution in [0.3, 0.4) is 0 Å². The fourth-order valence-electron chi connectivity index (χ4n) is 5.14. The van der Waals surface area contributed by atoms with Crippen LogP contribution >= 0.6 is 11.8 Å². The molecule has 1 fully saturated rings. The number of rotatable bonds is 3. The monoisotopic (exact) mass is 385 g/mol. The van der Waals surface area contributed by atoms with Crippen molar-refractivity contribution in [3.05, 3.63) is 90.0 Å². The van der Waals surface area contributed by atoms with Gasteiger partial charge in [-0.3, -0.25) is 0 Å². The molecule has 2 heteroatoms. The van der Waals surface area contributed by atoms with Gasteiger partial charge in [0.15, 0.2) is 0 Å². The van der Waals surface area contributed by atoms with Gasteiger partial charge in [-0.2, -0.15) is 0 Å². The van der Waals surface area contributed by atoms with Crippen molar-refractivity contribution < 1.29 is 0 Å². The van der Waals surface area contributed by atoms with Crippen LogP contribution in [-0.4, -0.2) is 11.3 Å². The molecule has 0 spiro atoms. The van der Waals surface area contributed by atoms with Crippen LogP contribution in [0.15, 0.2) is 83.8 Å². The number of para-hydroxylation sites is 1. The quantitative estimate of drug-likeness (QED) is 0.472. The van der Waals surface area contributed by atoms with Crippen molar-refractivity contribution in [2.75, 3.05) is 4.90 Å². The number of fused-ring (bicyclic) bond motifs is 3. The summed E-state index contributed by atoms with van der Waals surface area (Å²) in [4.78, 5) is 4.09. The molecular formula is C26H27NS. The minimum Gasteiger partial charge on any atom is -0.338 e. The topological polar surface area (TPSA) is 3.24 Å². The fourth-order valence-corrected chi connectivity index (χ4v) is 6.77. The number of hydrogen-bond acceptors (Lipinski definition) is 2. The van der Waals surface area contributed by atoms with Gasteiger partial charge in [-0.1, -0.05) is 61.0 Å². The summed E-state index contributed by atoms with van der Waals surface area (Å²) in [5.41, 5.74) is 5.74. The summed E-state index contributed by atoms with van der Waals surface area (Å²) >= 11 is 2.11. The lowest BCUT2D eigenvalue weighted by Crippen LogP contribution is -2.46. The predicted octanol–water partition coefficient (Wildman–Crippen LogP) is 7.12. The lowest BCUT2D eigenvalue weighted by molar-refractivity contribution is 0.301. The molecule has 1 nitrogen and oxygen atoms in total. The summed E-state index contributed by atoms with van der Waals surface area (Å²) < 4.78 is 0. The highest BCUT2D eigenvalue weighted by Gasteiger charge is 2.48. The van der Waals surface area contributed by atoms with Gasteiger partial charge in [0, 0.05) is 33.0 Å². The molecule has 1 heterocycles. The van der Waals surface area contributed by atoms with Crippen LogP contribution in [0.5, 0.6) is 0 Å². The minimum atomic E-state index is 0.252. The highest BCUT2D eigenvalue weighted by Crippen LogP contribution is 2.56. The van der Waals surface area contributed by atoms with Gasteiger partial charge in [0.1, 0.15) is 0 Å².